The number of hydrogen-bond acceptors (Lipinski definition) is 3. The first-order valence-corrected chi connectivity index (χ1v) is 4.33. The van der Waals surface area contributed by atoms with E-state index in [9.17, 15) is 0 Å². The summed E-state index contributed by atoms with van der Waals surface area (Å²) in [7, 11) is 0. The largest absolute Gasteiger partial charge is 0.462 e. The molecule has 0 aromatic carbocycles. The molecule has 3 nitrogen and oxygen atoms in total. The smallest absolute Gasteiger partial charge is 0.129 e. The maximum absolute atomic E-state index is 5.39. The average Bonchev–Trinajstić information content (AvgIpc) is 2.60. The highest BCUT2D eigenvalue weighted by Gasteiger charge is 1.99. The molecule has 0 aliphatic carbocycles. The maximum Gasteiger partial charge on any atom is 0.129 e. The quantitative estimate of drug-likeness (QED) is 0.538. The van der Waals surface area contributed by atoms with Crippen LogP contribution < -0.4 is 5.73 Å². The molecule has 0 radical (unpaired) electrons. The topological polar surface area (TPSA) is 48.4 Å². The predicted octanol–water partition coefficient (Wildman–Crippen LogP) is 1.83. The summed E-state index contributed by atoms with van der Waals surface area (Å²) < 4.78 is 10.6. The maximum atomic E-state index is 5.39. The Morgan fingerprint density at radius 1 is 1.46 bits per heavy atom. The monoisotopic (exact) mass is 181 g/mol. The lowest BCUT2D eigenvalue weighted by Crippen LogP contribution is -1.94. The Kier molecular flexibility index (Phi) is 4.29. The van der Waals surface area contributed by atoms with E-state index in [2.05, 4.69) is 6.58 Å². The molecule has 0 spiro atoms. The normalized spacial score (nSPS) is 10.2. The van der Waals surface area contributed by atoms with Crippen molar-refractivity contribution >= 4 is 0 Å². The lowest BCUT2D eigenvalue weighted by Gasteiger charge is -1.98. The molecule has 1 aromatic heterocycles. The van der Waals surface area contributed by atoms with E-state index in [1.165, 1.54) is 0 Å². The van der Waals surface area contributed by atoms with Gasteiger partial charge in [0.15, 0.2) is 0 Å². The molecular formula is C10H15NO2. The number of hydrogen-bond donors (Lipinski definition) is 1. The predicted molar refractivity (Wildman–Crippen MR) is 51.1 cm³/mol. The first-order chi connectivity index (χ1) is 6.36. The fourth-order valence-corrected chi connectivity index (χ4v) is 0.949. The summed E-state index contributed by atoms with van der Waals surface area (Å²) in [4.78, 5) is 0. The van der Waals surface area contributed by atoms with Crippen LogP contribution in [0.25, 0.3) is 0 Å². The Labute approximate surface area is 78.2 Å². The molecule has 0 unspecified atom stereocenters. The van der Waals surface area contributed by atoms with Gasteiger partial charge in [0, 0.05) is 0 Å². The fraction of sp³-hybridized carbons (Fsp3) is 0.400. The van der Waals surface area contributed by atoms with Crippen LogP contribution in [0.15, 0.2) is 29.2 Å². The van der Waals surface area contributed by atoms with E-state index in [0.29, 0.717) is 19.8 Å². The highest BCUT2D eigenvalue weighted by atomic mass is 16.5. The molecule has 1 aromatic rings. The van der Waals surface area contributed by atoms with Crippen molar-refractivity contribution in [1.29, 1.82) is 0 Å². The van der Waals surface area contributed by atoms with E-state index in [0.717, 1.165) is 17.9 Å². The van der Waals surface area contributed by atoms with Gasteiger partial charge in [-0.3, -0.25) is 0 Å². The zero-order chi connectivity index (χ0) is 9.52. The van der Waals surface area contributed by atoms with Gasteiger partial charge in [-0.2, -0.15) is 0 Å². The zero-order valence-electron chi connectivity index (χ0n) is 7.66. The van der Waals surface area contributed by atoms with E-state index >= 15 is 0 Å². The third-order valence-electron chi connectivity index (χ3n) is 1.63. The molecule has 1 heterocycles. The van der Waals surface area contributed by atoms with E-state index < -0.39 is 0 Å². The minimum absolute atomic E-state index is 0.437. The van der Waals surface area contributed by atoms with Crippen molar-refractivity contribution in [3.8, 4) is 0 Å². The minimum Gasteiger partial charge on any atom is -0.462 e. The summed E-state index contributed by atoms with van der Waals surface area (Å²) in [6.07, 6.45) is 2.69. The van der Waals surface area contributed by atoms with Crippen molar-refractivity contribution in [2.24, 2.45) is 5.73 Å². The van der Waals surface area contributed by atoms with Crippen molar-refractivity contribution in [1.82, 2.24) is 0 Å². The Morgan fingerprint density at radius 3 is 2.85 bits per heavy atom. The average molecular weight is 181 g/mol. The van der Waals surface area contributed by atoms with Crippen LogP contribution in [-0.4, -0.2) is 6.61 Å². The van der Waals surface area contributed by atoms with Crippen LogP contribution >= 0.6 is 0 Å². The number of nitrogens with two attached hydrogens (primary N) is 1. The van der Waals surface area contributed by atoms with Crippen LogP contribution in [0.5, 0.6) is 0 Å². The van der Waals surface area contributed by atoms with Gasteiger partial charge < -0.3 is 14.9 Å². The van der Waals surface area contributed by atoms with Crippen LogP contribution in [0.3, 0.4) is 0 Å². The molecule has 0 aliphatic heterocycles. The van der Waals surface area contributed by atoms with Gasteiger partial charge in [0.2, 0.25) is 0 Å². The summed E-state index contributed by atoms with van der Waals surface area (Å²) in [5, 5.41) is 0. The highest BCUT2D eigenvalue weighted by Crippen LogP contribution is 2.08. The molecule has 0 aliphatic rings. The molecule has 3 heteroatoms. The van der Waals surface area contributed by atoms with E-state index in [4.69, 9.17) is 14.9 Å². The number of rotatable bonds is 6. The van der Waals surface area contributed by atoms with Crippen LogP contribution in [0.2, 0.25) is 0 Å². The van der Waals surface area contributed by atoms with E-state index in [-0.39, 0.29) is 0 Å². The number of furan rings is 1. The van der Waals surface area contributed by atoms with Gasteiger partial charge in [-0.15, -0.1) is 6.58 Å². The fourth-order valence-electron chi connectivity index (χ4n) is 0.949. The van der Waals surface area contributed by atoms with Gasteiger partial charge in [0.05, 0.1) is 13.2 Å². The van der Waals surface area contributed by atoms with Crippen molar-refractivity contribution < 1.29 is 9.15 Å². The molecule has 0 amide bonds. The molecule has 0 saturated heterocycles. The number of ether oxygens (including phenoxy) is 1. The zero-order valence-corrected chi connectivity index (χ0v) is 7.66. The Morgan fingerprint density at radius 2 is 2.23 bits per heavy atom. The molecule has 0 fully saturated rings. The first kappa shape index (κ1) is 10.0. The van der Waals surface area contributed by atoms with Crippen molar-refractivity contribution in [3.63, 3.8) is 0 Å². The van der Waals surface area contributed by atoms with E-state index in [1.807, 2.05) is 18.2 Å². The molecule has 72 valence electrons. The lowest BCUT2D eigenvalue weighted by atomic mass is 10.4. The lowest BCUT2D eigenvalue weighted by molar-refractivity contribution is 0.109. The van der Waals surface area contributed by atoms with Gasteiger partial charge in [0.25, 0.3) is 0 Å². The Hall–Kier alpha value is -1.06. The molecule has 2 N–H and O–H groups in total. The van der Waals surface area contributed by atoms with Crippen LogP contribution in [0.4, 0.5) is 0 Å². The molecule has 1 rings (SSSR count). The second kappa shape index (κ2) is 5.56. The molecule has 0 saturated carbocycles. The van der Waals surface area contributed by atoms with Crippen molar-refractivity contribution in [2.45, 2.75) is 19.6 Å². The third kappa shape index (κ3) is 3.44. The SMILES string of the molecule is C=CCCOCc1ccc(CN)o1. The Bertz CT molecular complexity index is 255. The molecular weight excluding hydrogens is 166 g/mol. The van der Waals surface area contributed by atoms with Crippen LogP contribution in [0.1, 0.15) is 17.9 Å². The van der Waals surface area contributed by atoms with Gasteiger partial charge >= 0.3 is 0 Å². The van der Waals surface area contributed by atoms with Gasteiger partial charge in [0.1, 0.15) is 18.1 Å². The van der Waals surface area contributed by atoms with Crippen molar-refractivity contribution in [3.05, 3.63) is 36.3 Å². The Balaban J connectivity index is 2.24. The summed E-state index contributed by atoms with van der Waals surface area (Å²) >= 11 is 0. The highest BCUT2D eigenvalue weighted by molar-refractivity contribution is 5.05. The second-order valence-electron chi connectivity index (χ2n) is 2.70. The summed E-state index contributed by atoms with van der Waals surface area (Å²) in [6, 6.07) is 3.75. The van der Waals surface area contributed by atoms with Crippen LogP contribution in [0, 0.1) is 0 Å². The molecule has 13 heavy (non-hydrogen) atoms. The third-order valence-corrected chi connectivity index (χ3v) is 1.63. The summed E-state index contributed by atoms with van der Waals surface area (Å²) in [5.74, 6) is 1.62. The molecule has 0 bridgehead atoms. The first-order valence-electron chi connectivity index (χ1n) is 4.33. The van der Waals surface area contributed by atoms with E-state index in [1.54, 1.807) is 0 Å². The standard InChI is InChI=1S/C10H15NO2/c1-2-3-6-12-8-10-5-4-9(7-11)13-10/h2,4-5H,1,3,6-8,11H2. The minimum atomic E-state index is 0.437. The summed E-state index contributed by atoms with van der Waals surface area (Å²) in [5.41, 5.74) is 5.39. The second-order valence-corrected chi connectivity index (χ2v) is 2.70. The van der Waals surface area contributed by atoms with Crippen molar-refractivity contribution in [2.75, 3.05) is 6.61 Å². The summed E-state index contributed by atoms with van der Waals surface area (Å²) in [6.45, 7) is 5.23. The van der Waals surface area contributed by atoms with Gasteiger partial charge in [-0.05, 0) is 18.6 Å². The van der Waals surface area contributed by atoms with Gasteiger partial charge in [-0.1, -0.05) is 6.08 Å². The van der Waals surface area contributed by atoms with Gasteiger partial charge in [-0.25, -0.2) is 0 Å². The molecule has 0 atom stereocenters. The van der Waals surface area contributed by atoms with Crippen LogP contribution in [-0.2, 0) is 17.9 Å².